The zero-order valence-corrected chi connectivity index (χ0v) is 10.2. The molecule has 1 N–H and O–H groups in total. The standard InChI is InChI=1S/C12H16N2OS/c1-8(10-3-2-6-15-10)14-12-13-7-11(16-12)9-4-5-9/h2-3,6,8-9,11H,4-5,7H2,1H3,(H,13,14). The van der Waals surface area contributed by atoms with Crippen LogP contribution in [0.15, 0.2) is 27.8 Å². The SMILES string of the molecule is CC(NC1=NCC(C2CC2)S1)c1ccco1. The van der Waals surface area contributed by atoms with Gasteiger partial charge in [0, 0.05) is 5.25 Å². The summed E-state index contributed by atoms with van der Waals surface area (Å²) in [5.41, 5.74) is 0. The second kappa shape index (κ2) is 4.17. The van der Waals surface area contributed by atoms with Gasteiger partial charge in [0.15, 0.2) is 5.17 Å². The number of thioether (sulfide) groups is 1. The van der Waals surface area contributed by atoms with Gasteiger partial charge in [0.05, 0.1) is 18.8 Å². The van der Waals surface area contributed by atoms with E-state index in [-0.39, 0.29) is 6.04 Å². The van der Waals surface area contributed by atoms with Crippen molar-refractivity contribution in [2.45, 2.75) is 31.1 Å². The van der Waals surface area contributed by atoms with Crippen molar-refractivity contribution < 1.29 is 4.42 Å². The molecule has 0 saturated heterocycles. The Morgan fingerprint density at radius 3 is 3.12 bits per heavy atom. The molecule has 2 atom stereocenters. The molecule has 0 amide bonds. The molecular formula is C12H16N2OS. The molecule has 86 valence electrons. The normalized spacial score (nSPS) is 26.6. The highest BCUT2D eigenvalue weighted by molar-refractivity contribution is 8.14. The van der Waals surface area contributed by atoms with Crippen LogP contribution in [0.2, 0.25) is 0 Å². The second-order valence-electron chi connectivity index (χ2n) is 4.52. The fourth-order valence-electron chi connectivity index (χ4n) is 1.98. The molecule has 2 aliphatic rings. The topological polar surface area (TPSA) is 37.5 Å². The van der Waals surface area contributed by atoms with E-state index in [4.69, 9.17) is 4.42 Å². The molecule has 3 rings (SSSR count). The van der Waals surface area contributed by atoms with Crippen molar-refractivity contribution in [3.8, 4) is 0 Å². The summed E-state index contributed by atoms with van der Waals surface area (Å²) in [6.07, 6.45) is 4.51. The molecule has 1 aromatic heterocycles. The van der Waals surface area contributed by atoms with Gasteiger partial charge in [0.1, 0.15) is 5.76 Å². The van der Waals surface area contributed by atoms with Crippen LogP contribution in [0, 0.1) is 5.92 Å². The predicted octanol–water partition coefficient (Wildman–Crippen LogP) is 2.81. The first-order chi connectivity index (χ1) is 7.83. The van der Waals surface area contributed by atoms with E-state index < -0.39 is 0 Å². The van der Waals surface area contributed by atoms with Crippen LogP contribution in [0.3, 0.4) is 0 Å². The molecule has 0 aromatic carbocycles. The van der Waals surface area contributed by atoms with E-state index in [2.05, 4.69) is 17.2 Å². The molecule has 1 aliphatic carbocycles. The minimum atomic E-state index is 0.208. The van der Waals surface area contributed by atoms with Gasteiger partial charge in [-0.1, -0.05) is 11.8 Å². The molecule has 2 unspecified atom stereocenters. The van der Waals surface area contributed by atoms with Crippen LogP contribution in [0.25, 0.3) is 0 Å². The summed E-state index contributed by atoms with van der Waals surface area (Å²) in [5.74, 6) is 1.89. The maximum absolute atomic E-state index is 5.37. The second-order valence-corrected chi connectivity index (χ2v) is 5.75. The molecule has 0 bridgehead atoms. The van der Waals surface area contributed by atoms with Gasteiger partial charge in [-0.3, -0.25) is 4.99 Å². The van der Waals surface area contributed by atoms with Gasteiger partial charge >= 0.3 is 0 Å². The average molecular weight is 236 g/mol. The van der Waals surface area contributed by atoms with Crippen LogP contribution in [0.5, 0.6) is 0 Å². The third kappa shape index (κ3) is 2.12. The first-order valence-corrected chi connectivity index (χ1v) is 6.72. The maximum Gasteiger partial charge on any atom is 0.157 e. The van der Waals surface area contributed by atoms with Gasteiger partial charge in [0.2, 0.25) is 0 Å². The molecule has 1 fully saturated rings. The first-order valence-electron chi connectivity index (χ1n) is 5.84. The number of nitrogens with zero attached hydrogens (tertiary/aromatic N) is 1. The smallest absolute Gasteiger partial charge is 0.157 e. The molecule has 1 saturated carbocycles. The van der Waals surface area contributed by atoms with Gasteiger partial charge in [-0.25, -0.2) is 0 Å². The Morgan fingerprint density at radius 2 is 2.44 bits per heavy atom. The van der Waals surface area contributed by atoms with E-state index in [1.54, 1.807) is 6.26 Å². The Morgan fingerprint density at radius 1 is 1.56 bits per heavy atom. The van der Waals surface area contributed by atoms with Gasteiger partial charge in [0.25, 0.3) is 0 Å². The number of amidine groups is 1. The number of nitrogens with one attached hydrogen (secondary N) is 1. The summed E-state index contributed by atoms with van der Waals surface area (Å²) in [6.45, 7) is 3.09. The predicted molar refractivity (Wildman–Crippen MR) is 66.7 cm³/mol. The van der Waals surface area contributed by atoms with E-state index in [9.17, 15) is 0 Å². The monoisotopic (exact) mass is 236 g/mol. The van der Waals surface area contributed by atoms with Crippen molar-refractivity contribution in [2.75, 3.05) is 6.54 Å². The maximum atomic E-state index is 5.37. The van der Waals surface area contributed by atoms with E-state index in [0.29, 0.717) is 0 Å². The zero-order valence-electron chi connectivity index (χ0n) is 9.35. The van der Waals surface area contributed by atoms with Gasteiger partial charge in [-0.2, -0.15) is 0 Å². The van der Waals surface area contributed by atoms with Crippen molar-refractivity contribution in [1.29, 1.82) is 0 Å². The Labute approximate surface area is 99.7 Å². The van der Waals surface area contributed by atoms with Crippen molar-refractivity contribution in [2.24, 2.45) is 10.9 Å². The molecule has 2 heterocycles. The van der Waals surface area contributed by atoms with Crippen LogP contribution >= 0.6 is 11.8 Å². The van der Waals surface area contributed by atoms with Crippen LogP contribution in [0.1, 0.15) is 31.6 Å². The van der Waals surface area contributed by atoms with Crippen LogP contribution in [-0.2, 0) is 0 Å². The Balaban J connectivity index is 1.55. The highest BCUT2D eigenvalue weighted by atomic mass is 32.2. The molecular weight excluding hydrogens is 220 g/mol. The van der Waals surface area contributed by atoms with Crippen LogP contribution in [-0.4, -0.2) is 17.0 Å². The molecule has 1 aliphatic heterocycles. The Bertz CT molecular complexity index is 384. The van der Waals surface area contributed by atoms with Crippen molar-refractivity contribution in [3.05, 3.63) is 24.2 Å². The van der Waals surface area contributed by atoms with Gasteiger partial charge < -0.3 is 9.73 Å². The Kier molecular flexibility index (Phi) is 2.67. The summed E-state index contributed by atoms with van der Waals surface area (Å²) >= 11 is 1.90. The van der Waals surface area contributed by atoms with Crippen LogP contribution < -0.4 is 5.32 Å². The quantitative estimate of drug-likeness (QED) is 0.877. The third-order valence-electron chi connectivity index (χ3n) is 3.14. The fourth-order valence-corrected chi connectivity index (χ4v) is 3.27. The van der Waals surface area contributed by atoms with E-state index in [1.807, 2.05) is 23.9 Å². The average Bonchev–Trinajstić information content (AvgIpc) is 2.82. The Hall–Kier alpha value is -0.900. The lowest BCUT2D eigenvalue weighted by Gasteiger charge is -2.12. The summed E-state index contributed by atoms with van der Waals surface area (Å²) in [4.78, 5) is 4.56. The number of aliphatic imine (C=N–C) groups is 1. The van der Waals surface area contributed by atoms with E-state index in [1.165, 1.54) is 12.8 Å². The number of furan rings is 1. The molecule has 3 nitrogen and oxygen atoms in total. The number of hydrogen-bond donors (Lipinski definition) is 1. The lowest BCUT2D eigenvalue weighted by atomic mass is 10.3. The third-order valence-corrected chi connectivity index (χ3v) is 4.44. The minimum absolute atomic E-state index is 0.208. The first kappa shape index (κ1) is 10.3. The highest BCUT2D eigenvalue weighted by Crippen LogP contribution is 2.41. The fraction of sp³-hybridized carbons (Fsp3) is 0.583. The highest BCUT2D eigenvalue weighted by Gasteiger charge is 2.35. The summed E-state index contributed by atoms with van der Waals surface area (Å²) in [6, 6.07) is 4.12. The van der Waals surface area contributed by atoms with Gasteiger partial charge in [-0.05, 0) is 37.8 Å². The molecule has 0 radical (unpaired) electrons. The van der Waals surface area contributed by atoms with Gasteiger partial charge in [-0.15, -0.1) is 0 Å². The van der Waals surface area contributed by atoms with Crippen molar-refractivity contribution in [3.63, 3.8) is 0 Å². The summed E-state index contributed by atoms with van der Waals surface area (Å²) < 4.78 is 5.37. The lowest BCUT2D eigenvalue weighted by molar-refractivity contribution is 0.464. The van der Waals surface area contributed by atoms with Crippen LogP contribution in [0.4, 0.5) is 0 Å². The molecule has 16 heavy (non-hydrogen) atoms. The summed E-state index contributed by atoms with van der Waals surface area (Å²) in [7, 11) is 0. The number of hydrogen-bond acceptors (Lipinski definition) is 4. The van der Waals surface area contributed by atoms with Crippen molar-refractivity contribution >= 4 is 16.9 Å². The molecule has 0 spiro atoms. The zero-order chi connectivity index (χ0) is 11.0. The molecule has 4 heteroatoms. The van der Waals surface area contributed by atoms with Crippen molar-refractivity contribution in [1.82, 2.24) is 5.32 Å². The summed E-state index contributed by atoms with van der Waals surface area (Å²) in [5, 5.41) is 5.23. The molecule has 1 aromatic rings. The lowest BCUT2D eigenvalue weighted by Crippen LogP contribution is -2.23. The number of rotatable bonds is 3. The van der Waals surface area contributed by atoms with E-state index in [0.717, 1.165) is 28.6 Å². The largest absolute Gasteiger partial charge is 0.467 e. The van der Waals surface area contributed by atoms with E-state index >= 15 is 0 Å². The minimum Gasteiger partial charge on any atom is -0.467 e.